The number of likely N-dealkylation sites (tertiary alicyclic amines) is 1. The summed E-state index contributed by atoms with van der Waals surface area (Å²) in [5.41, 5.74) is 1.83. The number of ether oxygens (including phenoxy) is 2. The number of methoxy groups -OCH3 is 2. The highest BCUT2D eigenvalue weighted by molar-refractivity contribution is 5.89. The van der Waals surface area contributed by atoms with Crippen molar-refractivity contribution in [3.63, 3.8) is 0 Å². The van der Waals surface area contributed by atoms with E-state index in [1.165, 1.54) is 19.8 Å². The number of hydrogen-bond acceptors (Lipinski definition) is 5. The largest absolute Gasteiger partial charge is 0.469 e. The minimum atomic E-state index is -0.317. The molecule has 5 heteroatoms. The minimum Gasteiger partial charge on any atom is -0.469 e. The molecule has 2 atom stereocenters. The number of rotatable bonds is 7. The van der Waals surface area contributed by atoms with E-state index in [4.69, 9.17) is 9.47 Å². The molecule has 0 N–H and O–H groups in total. The quantitative estimate of drug-likeness (QED) is 0.696. The van der Waals surface area contributed by atoms with Gasteiger partial charge in [0.15, 0.2) is 0 Å². The number of nitrogens with zero attached hydrogens (tertiary/aromatic N) is 1. The molecular formula is C21H31NO4. The van der Waals surface area contributed by atoms with E-state index in [0.717, 1.165) is 12.8 Å². The average molecular weight is 361 g/mol. The van der Waals surface area contributed by atoms with Gasteiger partial charge in [0.1, 0.15) is 0 Å². The summed E-state index contributed by atoms with van der Waals surface area (Å²) in [4.78, 5) is 25.7. The molecule has 144 valence electrons. The maximum atomic E-state index is 11.6. The van der Waals surface area contributed by atoms with E-state index in [0.29, 0.717) is 30.0 Å². The Labute approximate surface area is 156 Å². The SMILES string of the molecule is COC(=O)CCC1C(Cc2ccc(C(=O)OC)cc2)C(C)(C)N1C(C)C. The zero-order valence-electron chi connectivity index (χ0n) is 16.7. The van der Waals surface area contributed by atoms with Crippen LogP contribution in [0.4, 0.5) is 0 Å². The van der Waals surface area contributed by atoms with Crippen LogP contribution in [0.15, 0.2) is 24.3 Å². The highest BCUT2D eigenvalue weighted by Gasteiger charge is 2.54. The van der Waals surface area contributed by atoms with E-state index in [-0.39, 0.29) is 17.5 Å². The Morgan fingerprint density at radius 1 is 1.12 bits per heavy atom. The summed E-state index contributed by atoms with van der Waals surface area (Å²) in [6.07, 6.45) is 2.17. The lowest BCUT2D eigenvalue weighted by Crippen LogP contribution is -2.72. The second-order valence-electron chi connectivity index (χ2n) is 7.84. The predicted octanol–water partition coefficient (Wildman–Crippen LogP) is 3.46. The fourth-order valence-electron chi connectivity index (χ4n) is 4.49. The molecule has 1 aromatic carbocycles. The molecule has 0 spiro atoms. The van der Waals surface area contributed by atoms with Gasteiger partial charge in [0, 0.05) is 24.0 Å². The Kier molecular flexibility index (Phi) is 6.45. The lowest BCUT2D eigenvalue weighted by molar-refractivity contribution is -0.152. The maximum absolute atomic E-state index is 11.6. The Morgan fingerprint density at radius 2 is 1.73 bits per heavy atom. The summed E-state index contributed by atoms with van der Waals surface area (Å²) in [6, 6.07) is 8.40. The van der Waals surface area contributed by atoms with E-state index in [2.05, 4.69) is 32.6 Å². The second kappa shape index (κ2) is 8.21. The molecule has 0 aromatic heterocycles. The molecule has 26 heavy (non-hydrogen) atoms. The van der Waals surface area contributed by atoms with E-state index in [1.807, 2.05) is 24.3 Å². The highest BCUT2D eigenvalue weighted by Crippen LogP contribution is 2.47. The monoisotopic (exact) mass is 361 g/mol. The minimum absolute atomic E-state index is 0.0654. The molecule has 0 aliphatic carbocycles. The smallest absolute Gasteiger partial charge is 0.337 e. The van der Waals surface area contributed by atoms with Crippen molar-refractivity contribution in [2.24, 2.45) is 5.92 Å². The van der Waals surface area contributed by atoms with Crippen LogP contribution < -0.4 is 0 Å². The number of benzene rings is 1. The van der Waals surface area contributed by atoms with Crippen molar-refractivity contribution in [1.29, 1.82) is 0 Å². The molecule has 1 aromatic rings. The first-order valence-corrected chi connectivity index (χ1v) is 9.24. The molecule has 1 fully saturated rings. The van der Waals surface area contributed by atoms with Crippen molar-refractivity contribution in [2.45, 2.75) is 64.6 Å². The van der Waals surface area contributed by atoms with Crippen molar-refractivity contribution in [3.8, 4) is 0 Å². The van der Waals surface area contributed by atoms with Crippen molar-refractivity contribution >= 4 is 11.9 Å². The normalized spacial score (nSPS) is 22.0. The van der Waals surface area contributed by atoms with Gasteiger partial charge in [0.2, 0.25) is 0 Å². The summed E-state index contributed by atoms with van der Waals surface area (Å²) in [5, 5.41) is 0. The van der Waals surface area contributed by atoms with Gasteiger partial charge in [-0.15, -0.1) is 0 Å². The van der Waals surface area contributed by atoms with Gasteiger partial charge in [-0.1, -0.05) is 12.1 Å². The van der Waals surface area contributed by atoms with Crippen LogP contribution in [0, 0.1) is 5.92 Å². The summed E-state index contributed by atoms with van der Waals surface area (Å²) in [6.45, 7) is 8.95. The second-order valence-corrected chi connectivity index (χ2v) is 7.84. The molecule has 1 saturated heterocycles. The number of hydrogen-bond donors (Lipinski definition) is 0. The summed E-state index contributed by atoms with van der Waals surface area (Å²) >= 11 is 0. The Hall–Kier alpha value is -1.88. The van der Waals surface area contributed by atoms with Crippen LogP contribution >= 0.6 is 0 Å². The molecule has 1 aliphatic rings. The fraction of sp³-hybridized carbons (Fsp3) is 0.619. The Balaban J connectivity index is 2.13. The van der Waals surface area contributed by atoms with E-state index in [1.54, 1.807) is 0 Å². The molecular weight excluding hydrogens is 330 g/mol. The van der Waals surface area contributed by atoms with Gasteiger partial charge >= 0.3 is 11.9 Å². The first-order chi connectivity index (χ1) is 12.2. The van der Waals surface area contributed by atoms with E-state index in [9.17, 15) is 9.59 Å². The van der Waals surface area contributed by atoms with Crippen LogP contribution in [-0.2, 0) is 20.7 Å². The fourth-order valence-corrected chi connectivity index (χ4v) is 4.49. The van der Waals surface area contributed by atoms with Crippen molar-refractivity contribution in [2.75, 3.05) is 14.2 Å². The molecule has 0 radical (unpaired) electrons. The summed E-state index contributed by atoms with van der Waals surface area (Å²) in [7, 11) is 2.83. The standard InChI is InChI=1S/C21H31NO4/c1-14(2)22-18(11-12-19(23)25-5)17(21(22,3)4)13-15-7-9-16(10-8-15)20(24)26-6/h7-10,14,17-18H,11-13H2,1-6H3. The van der Waals surface area contributed by atoms with Crippen molar-refractivity contribution in [1.82, 2.24) is 4.90 Å². The van der Waals surface area contributed by atoms with Crippen LogP contribution in [0.5, 0.6) is 0 Å². The summed E-state index contributed by atoms with van der Waals surface area (Å²) < 4.78 is 9.57. The maximum Gasteiger partial charge on any atom is 0.337 e. The van der Waals surface area contributed by atoms with Crippen LogP contribution in [-0.4, -0.2) is 48.7 Å². The Morgan fingerprint density at radius 3 is 2.23 bits per heavy atom. The lowest BCUT2D eigenvalue weighted by Gasteiger charge is -2.64. The molecule has 1 heterocycles. The van der Waals surface area contributed by atoms with Crippen LogP contribution in [0.25, 0.3) is 0 Å². The zero-order chi connectivity index (χ0) is 19.5. The van der Waals surface area contributed by atoms with Gasteiger partial charge in [-0.25, -0.2) is 4.79 Å². The number of esters is 2. The summed E-state index contributed by atoms with van der Waals surface area (Å²) in [5.74, 6) is -0.0272. The molecule has 0 bridgehead atoms. The van der Waals surface area contributed by atoms with Crippen LogP contribution in [0.1, 0.15) is 56.5 Å². The number of carbonyl (C=O) groups is 2. The van der Waals surface area contributed by atoms with Gasteiger partial charge in [0.25, 0.3) is 0 Å². The molecule has 0 amide bonds. The number of carbonyl (C=O) groups excluding carboxylic acids is 2. The van der Waals surface area contributed by atoms with Gasteiger partial charge in [-0.2, -0.15) is 0 Å². The first kappa shape index (κ1) is 20.4. The van der Waals surface area contributed by atoms with Crippen LogP contribution in [0.2, 0.25) is 0 Å². The molecule has 5 nitrogen and oxygen atoms in total. The third-order valence-electron chi connectivity index (χ3n) is 5.65. The van der Waals surface area contributed by atoms with Gasteiger partial charge < -0.3 is 9.47 Å². The average Bonchev–Trinajstić information content (AvgIpc) is 2.61. The topological polar surface area (TPSA) is 55.8 Å². The molecule has 0 saturated carbocycles. The third-order valence-corrected chi connectivity index (χ3v) is 5.65. The lowest BCUT2D eigenvalue weighted by atomic mass is 9.65. The molecule has 2 unspecified atom stereocenters. The Bertz CT molecular complexity index is 636. The van der Waals surface area contributed by atoms with Crippen molar-refractivity contribution < 1.29 is 19.1 Å². The van der Waals surface area contributed by atoms with Gasteiger partial charge in [-0.3, -0.25) is 9.69 Å². The van der Waals surface area contributed by atoms with E-state index >= 15 is 0 Å². The van der Waals surface area contributed by atoms with Gasteiger partial charge in [-0.05, 0) is 64.2 Å². The highest BCUT2D eigenvalue weighted by atomic mass is 16.5. The predicted molar refractivity (Wildman–Crippen MR) is 101 cm³/mol. The van der Waals surface area contributed by atoms with E-state index < -0.39 is 0 Å². The molecule has 2 rings (SSSR count). The first-order valence-electron chi connectivity index (χ1n) is 9.24. The van der Waals surface area contributed by atoms with Gasteiger partial charge in [0.05, 0.1) is 19.8 Å². The molecule has 1 aliphatic heterocycles. The van der Waals surface area contributed by atoms with Crippen molar-refractivity contribution in [3.05, 3.63) is 35.4 Å². The van der Waals surface area contributed by atoms with Crippen LogP contribution in [0.3, 0.4) is 0 Å². The zero-order valence-corrected chi connectivity index (χ0v) is 16.7. The third kappa shape index (κ3) is 4.09.